The van der Waals surface area contributed by atoms with Gasteiger partial charge in [-0.25, -0.2) is 8.42 Å². The molecule has 0 aliphatic heterocycles. The highest BCUT2D eigenvalue weighted by Crippen LogP contribution is 2.21. The van der Waals surface area contributed by atoms with Gasteiger partial charge in [-0.1, -0.05) is 27.7 Å². The van der Waals surface area contributed by atoms with E-state index >= 15 is 0 Å². The molecule has 7 heteroatoms. The molecule has 0 saturated carbocycles. The lowest BCUT2D eigenvalue weighted by Gasteiger charge is -2.24. The zero-order valence-corrected chi connectivity index (χ0v) is 18.2. The van der Waals surface area contributed by atoms with Crippen LogP contribution in [0.4, 0.5) is 0 Å². The average molecular weight is 447 g/mol. The Labute approximate surface area is 154 Å². The third kappa shape index (κ3) is 12.5. The van der Waals surface area contributed by atoms with E-state index < -0.39 is 9.84 Å². The highest BCUT2D eigenvalue weighted by atomic mass is 127. The molecule has 0 aliphatic carbocycles. The van der Waals surface area contributed by atoms with E-state index in [2.05, 4.69) is 50.2 Å². The summed E-state index contributed by atoms with van der Waals surface area (Å²) in [5.74, 6) is 1.53. The van der Waals surface area contributed by atoms with Gasteiger partial charge in [-0.3, -0.25) is 4.99 Å². The van der Waals surface area contributed by atoms with Gasteiger partial charge in [-0.05, 0) is 31.6 Å². The maximum atomic E-state index is 11.3. The van der Waals surface area contributed by atoms with Crippen molar-refractivity contribution >= 4 is 39.8 Å². The molecule has 0 heterocycles. The number of hydrogen-bond donors (Lipinski definition) is 2. The zero-order valence-electron chi connectivity index (χ0n) is 15.1. The summed E-state index contributed by atoms with van der Waals surface area (Å²) < 4.78 is 22.6. The lowest BCUT2D eigenvalue weighted by atomic mass is 9.90. The summed E-state index contributed by atoms with van der Waals surface area (Å²) in [6.45, 7) is 14.0. The zero-order chi connectivity index (χ0) is 16.7. The van der Waals surface area contributed by atoms with Gasteiger partial charge in [0, 0.05) is 25.4 Å². The first-order chi connectivity index (χ1) is 9.47. The van der Waals surface area contributed by atoms with Gasteiger partial charge in [0.1, 0.15) is 9.84 Å². The second-order valence-corrected chi connectivity index (χ2v) is 9.18. The van der Waals surface area contributed by atoms with Gasteiger partial charge in [0.05, 0.1) is 5.75 Å². The number of hydrogen-bond acceptors (Lipinski definition) is 3. The molecule has 134 valence electrons. The maximum Gasteiger partial charge on any atom is 0.191 e. The van der Waals surface area contributed by atoms with Gasteiger partial charge in [0.15, 0.2) is 5.96 Å². The fourth-order valence-corrected chi connectivity index (χ4v) is 2.46. The number of halogens is 1. The predicted octanol–water partition coefficient (Wildman–Crippen LogP) is 2.66. The SMILES string of the molecule is CCNC(=NCC(C)(C)CCS(C)(=O)=O)NC(C)C(C)C.I. The van der Waals surface area contributed by atoms with E-state index in [-0.39, 0.29) is 35.1 Å². The van der Waals surface area contributed by atoms with Crippen molar-refractivity contribution in [2.75, 3.05) is 25.1 Å². The van der Waals surface area contributed by atoms with Crippen LogP contribution in [0.3, 0.4) is 0 Å². The number of guanidine groups is 1. The van der Waals surface area contributed by atoms with Gasteiger partial charge >= 0.3 is 0 Å². The molecular formula is C15H34IN3O2S. The topological polar surface area (TPSA) is 70.6 Å². The summed E-state index contributed by atoms with van der Waals surface area (Å²) in [6, 6.07) is 0.335. The summed E-state index contributed by atoms with van der Waals surface area (Å²) in [4.78, 5) is 4.61. The van der Waals surface area contributed by atoms with Crippen LogP contribution in [0.25, 0.3) is 0 Å². The Morgan fingerprint density at radius 1 is 1.23 bits per heavy atom. The Hall–Kier alpha value is -0.0500. The third-order valence-electron chi connectivity index (χ3n) is 3.52. The molecule has 0 radical (unpaired) electrons. The quantitative estimate of drug-likeness (QED) is 0.341. The molecule has 0 aromatic carbocycles. The Bertz CT molecular complexity index is 434. The third-order valence-corrected chi connectivity index (χ3v) is 4.47. The molecule has 0 amide bonds. The van der Waals surface area contributed by atoms with E-state index in [1.165, 1.54) is 6.26 Å². The van der Waals surface area contributed by atoms with Crippen molar-refractivity contribution < 1.29 is 8.42 Å². The van der Waals surface area contributed by atoms with Crippen LogP contribution in [0.15, 0.2) is 4.99 Å². The van der Waals surface area contributed by atoms with Crippen LogP contribution in [-0.2, 0) is 9.84 Å². The van der Waals surface area contributed by atoms with E-state index in [4.69, 9.17) is 0 Å². The molecule has 0 saturated heterocycles. The molecule has 22 heavy (non-hydrogen) atoms. The first kappa shape index (κ1) is 24.2. The number of aliphatic imine (C=N–C) groups is 1. The normalized spacial score (nSPS) is 14.5. The monoisotopic (exact) mass is 447 g/mol. The van der Waals surface area contributed by atoms with Crippen LogP contribution in [0.2, 0.25) is 0 Å². The Morgan fingerprint density at radius 2 is 1.77 bits per heavy atom. The van der Waals surface area contributed by atoms with Crippen LogP contribution < -0.4 is 10.6 Å². The Balaban J connectivity index is 0. The van der Waals surface area contributed by atoms with Crippen LogP contribution in [0, 0.1) is 11.3 Å². The molecule has 2 N–H and O–H groups in total. The average Bonchev–Trinajstić information content (AvgIpc) is 2.33. The molecule has 0 aromatic heterocycles. The fraction of sp³-hybridized carbons (Fsp3) is 0.933. The van der Waals surface area contributed by atoms with Crippen LogP contribution >= 0.6 is 24.0 Å². The predicted molar refractivity (Wildman–Crippen MR) is 107 cm³/mol. The van der Waals surface area contributed by atoms with E-state index in [1.807, 2.05) is 6.92 Å². The summed E-state index contributed by atoms with van der Waals surface area (Å²) in [5.41, 5.74) is -0.132. The van der Waals surface area contributed by atoms with E-state index in [0.717, 1.165) is 12.5 Å². The van der Waals surface area contributed by atoms with Crippen molar-refractivity contribution in [3.63, 3.8) is 0 Å². The van der Waals surface area contributed by atoms with Gasteiger partial charge in [0.2, 0.25) is 0 Å². The maximum absolute atomic E-state index is 11.3. The lowest BCUT2D eigenvalue weighted by molar-refractivity contribution is 0.364. The van der Waals surface area contributed by atoms with Gasteiger partial charge in [0.25, 0.3) is 0 Å². The molecule has 5 nitrogen and oxygen atoms in total. The first-order valence-electron chi connectivity index (χ1n) is 7.69. The van der Waals surface area contributed by atoms with Crippen molar-refractivity contribution in [3.8, 4) is 0 Å². The Morgan fingerprint density at radius 3 is 2.18 bits per heavy atom. The second kappa shape index (κ2) is 10.7. The van der Waals surface area contributed by atoms with Crippen molar-refractivity contribution in [1.29, 1.82) is 0 Å². The molecular weight excluding hydrogens is 413 g/mol. The highest BCUT2D eigenvalue weighted by molar-refractivity contribution is 14.0. The van der Waals surface area contributed by atoms with Gasteiger partial charge in [-0.15, -0.1) is 24.0 Å². The van der Waals surface area contributed by atoms with Crippen molar-refractivity contribution in [2.45, 2.75) is 54.0 Å². The van der Waals surface area contributed by atoms with Crippen LogP contribution in [0.5, 0.6) is 0 Å². The minimum atomic E-state index is -2.92. The summed E-state index contributed by atoms with van der Waals surface area (Å²) in [6.07, 6.45) is 1.90. The molecule has 1 unspecified atom stereocenters. The van der Waals surface area contributed by atoms with Crippen molar-refractivity contribution in [2.24, 2.45) is 16.3 Å². The Kier molecular flexibility index (Phi) is 11.7. The summed E-state index contributed by atoms with van der Waals surface area (Å²) >= 11 is 0. The van der Waals surface area contributed by atoms with Crippen molar-refractivity contribution in [3.05, 3.63) is 0 Å². The van der Waals surface area contributed by atoms with E-state index in [9.17, 15) is 8.42 Å². The number of rotatable bonds is 8. The van der Waals surface area contributed by atoms with E-state index in [0.29, 0.717) is 24.9 Å². The molecule has 0 spiro atoms. The molecule has 0 bridgehead atoms. The fourth-order valence-electron chi connectivity index (χ4n) is 1.54. The molecule has 1 atom stereocenters. The van der Waals surface area contributed by atoms with Gasteiger partial charge < -0.3 is 10.6 Å². The largest absolute Gasteiger partial charge is 0.357 e. The van der Waals surface area contributed by atoms with E-state index in [1.54, 1.807) is 0 Å². The van der Waals surface area contributed by atoms with Crippen LogP contribution in [-0.4, -0.2) is 45.5 Å². The minimum absolute atomic E-state index is 0. The molecule has 0 aliphatic rings. The smallest absolute Gasteiger partial charge is 0.191 e. The first-order valence-corrected chi connectivity index (χ1v) is 9.75. The number of nitrogens with zero attached hydrogens (tertiary/aromatic N) is 1. The second-order valence-electron chi connectivity index (χ2n) is 6.92. The lowest BCUT2D eigenvalue weighted by Crippen LogP contribution is -2.44. The van der Waals surface area contributed by atoms with Crippen LogP contribution in [0.1, 0.15) is 48.0 Å². The number of sulfone groups is 1. The highest BCUT2D eigenvalue weighted by Gasteiger charge is 2.20. The number of nitrogens with one attached hydrogen (secondary N) is 2. The van der Waals surface area contributed by atoms with Gasteiger partial charge in [-0.2, -0.15) is 0 Å². The summed E-state index contributed by atoms with van der Waals surface area (Å²) in [5, 5.41) is 6.62. The standard InChI is InChI=1S/C15H33N3O2S.HI/c1-8-16-14(18-13(4)12(2)3)17-11-15(5,6)9-10-21(7,19)20;/h12-13H,8-11H2,1-7H3,(H2,16,17,18);1H. The molecule has 0 aromatic rings. The minimum Gasteiger partial charge on any atom is -0.357 e. The van der Waals surface area contributed by atoms with Crippen molar-refractivity contribution in [1.82, 2.24) is 10.6 Å². The molecule has 0 fully saturated rings. The summed E-state index contributed by atoms with van der Waals surface area (Å²) in [7, 11) is -2.92. The molecule has 0 rings (SSSR count).